The molecule has 0 radical (unpaired) electrons. The summed E-state index contributed by atoms with van der Waals surface area (Å²) in [6.45, 7) is 0. The van der Waals surface area contributed by atoms with E-state index in [1.165, 1.54) is 0 Å². The highest BCUT2D eigenvalue weighted by atomic mass is 32.1. The van der Waals surface area contributed by atoms with E-state index in [4.69, 9.17) is 10.4 Å². The van der Waals surface area contributed by atoms with Crippen LogP contribution in [-0.2, 0) is 0 Å². The molecule has 0 aliphatic carbocycles. The quantitative estimate of drug-likeness (QED) is 0.298. The third-order valence-corrected chi connectivity index (χ3v) is 0.675. The van der Waals surface area contributed by atoms with Gasteiger partial charge in [-0.3, -0.25) is 5.50 Å². The van der Waals surface area contributed by atoms with E-state index in [1.807, 2.05) is 5.16 Å². The van der Waals surface area contributed by atoms with Crippen LogP contribution in [0.2, 0.25) is 0 Å². The lowest BCUT2D eigenvalue weighted by molar-refractivity contribution is 0.628. The van der Waals surface area contributed by atoms with Gasteiger partial charge in [0.1, 0.15) is 0 Å². The number of rotatable bonds is 1. The zero-order chi connectivity index (χ0) is 4.99. The zero-order valence-electron chi connectivity index (χ0n) is 2.83. The summed E-state index contributed by atoms with van der Waals surface area (Å²) < 4.78 is 3.09. The average Bonchev–Trinajstić information content (AvgIpc) is 1.35. The van der Waals surface area contributed by atoms with Gasteiger partial charge < -0.3 is 4.89 Å². The van der Waals surface area contributed by atoms with Crippen LogP contribution in [-0.4, -0.2) is 10.1 Å². The smallest absolute Gasteiger partial charge is 0.239 e. The first-order chi connectivity index (χ1) is 2.77. The van der Waals surface area contributed by atoms with Crippen LogP contribution < -0.4 is 5.50 Å². The van der Waals surface area contributed by atoms with Gasteiger partial charge in [-0.1, -0.05) is 0 Å². The Balaban J connectivity index is 3.29. The van der Waals surface area contributed by atoms with Crippen LogP contribution >= 0.6 is 20.7 Å². The van der Waals surface area contributed by atoms with E-state index in [-0.39, 0.29) is 0 Å². The minimum Gasteiger partial charge on any atom is -0.342 e. The molecule has 0 fully saturated rings. The first-order valence-electron chi connectivity index (χ1n) is 1.09. The summed E-state index contributed by atoms with van der Waals surface area (Å²) in [6, 6.07) is 0. The lowest BCUT2D eigenvalue weighted by Gasteiger charge is -1.82. The Morgan fingerprint density at radius 2 is 2.50 bits per heavy atom. The molecule has 0 aromatic rings. The van der Waals surface area contributed by atoms with Crippen molar-refractivity contribution >= 4 is 25.8 Å². The van der Waals surface area contributed by atoms with Gasteiger partial charge in [0.15, 0.2) is 0 Å². The number of isothiocyanates is 1. The molecule has 0 aliphatic heterocycles. The number of hydrogen-bond acceptors (Lipinski definition) is 4. The maximum atomic E-state index is 8.10. The fraction of sp³-hybridized carbons (Fsp3) is 0. The van der Waals surface area contributed by atoms with Crippen molar-refractivity contribution in [3.05, 3.63) is 0 Å². The summed E-state index contributed by atoms with van der Waals surface area (Å²) in [4.78, 5) is 8.10. The summed E-state index contributed by atoms with van der Waals surface area (Å²) >= 11 is 4.09. The van der Waals surface area contributed by atoms with Crippen molar-refractivity contribution in [2.75, 3.05) is 0 Å². The Morgan fingerprint density at radius 3 is 2.50 bits per heavy atom. The Hall–Kier alpha value is 0.150. The van der Waals surface area contributed by atoms with Gasteiger partial charge in [0, 0.05) is 0 Å². The molecule has 5 heteroatoms. The van der Waals surface area contributed by atoms with Crippen molar-refractivity contribution in [3.8, 4) is 0 Å². The van der Waals surface area contributed by atoms with Gasteiger partial charge in [0.05, 0.1) is 5.16 Å². The Kier molecular flexibility index (Phi) is 3.43. The fourth-order valence-corrected chi connectivity index (χ4v) is 0.376. The SMILES string of the molecule is NP(O)N=C=S. The van der Waals surface area contributed by atoms with E-state index in [0.717, 1.165) is 0 Å². The minimum absolute atomic E-state index is 1.69. The summed E-state index contributed by atoms with van der Waals surface area (Å²) in [5.41, 5.74) is 4.73. The van der Waals surface area contributed by atoms with Gasteiger partial charge in [-0.05, 0) is 12.2 Å². The van der Waals surface area contributed by atoms with E-state index >= 15 is 0 Å². The van der Waals surface area contributed by atoms with Crippen LogP contribution in [0.15, 0.2) is 4.76 Å². The number of nitrogens with zero attached hydrogens (tertiary/aromatic N) is 1. The molecule has 3 nitrogen and oxygen atoms in total. The van der Waals surface area contributed by atoms with Crippen LogP contribution in [0.5, 0.6) is 0 Å². The van der Waals surface area contributed by atoms with Crippen molar-refractivity contribution in [1.82, 2.24) is 0 Å². The molecule has 34 valence electrons. The van der Waals surface area contributed by atoms with E-state index in [0.29, 0.717) is 0 Å². The third kappa shape index (κ3) is 4.15. The monoisotopic (exact) mass is 122 g/mol. The maximum absolute atomic E-state index is 8.10. The lowest BCUT2D eigenvalue weighted by atomic mass is 11.8. The van der Waals surface area contributed by atoms with Gasteiger partial charge in [-0.2, -0.15) is 4.76 Å². The Labute approximate surface area is 41.8 Å². The summed E-state index contributed by atoms with van der Waals surface area (Å²) in [5, 5.41) is 1.93. The molecule has 0 rings (SSSR count). The van der Waals surface area contributed by atoms with E-state index < -0.39 is 8.45 Å². The van der Waals surface area contributed by atoms with Crippen molar-refractivity contribution in [1.29, 1.82) is 0 Å². The molecule has 0 saturated heterocycles. The summed E-state index contributed by atoms with van der Waals surface area (Å²) in [6.07, 6.45) is 0. The predicted molar refractivity (Wildman–Crippen MR) is 28.4 cm³/mol. The first-order valence-corrected chi connectivity index (χ1v) is 2.81. The lowest BCUT2D eigenvalue weighted by Crippen LogP contribution is -1.77. The van der Waals surface area contributed by atoms with Gasteiger partial charge in [-0.25, -0.2) is 0 Å². The highest BCUT2D eigenvalue weighted by molar-refractivity contribution is 7.78. The number of hydrogen-bond donors (Lipinski definition) is 2. The van der Waals surface area contributed by atoms with E-state index in [2.05, 4.69) is 17.0 Å². The van der Waals surface area contributed by atoms with E-state index in [9.17, 15) is 0 Å². The van der Waals surface area contributed by atoms with Gasteiger partial charge in [0.2, 0.25) is 8.45 Å². The predicted octanol–water partition coefficient (Wildman–Crippen LogP) is 0.267. The topological polar surface area (TPSA) is 58.6 Å². The van der Waals surface area contributed by atoms with Crippen LogP contribution in [0.3, 0.4) is 0 Å². The fourth-order valence-electron chi connectivity index (χ4n) is 0.0418. The van der Waals surface area contributed by atoms with Crippen LogP contribution in [0, 0.1) is 0 Å². The number of nitrogens with two attached hydrogens (primary N) is 1. The maximum Gasteiger partial charge on any atom is 0.239 e. The van der Waals surface area contributed by atoms with Crippen LogP contribution in [0.1, 0.15) is 0 Å². The Morgan fingerprint density at radius 1 is 2.00 bits per heavy atom. The molecular formula is CH3N2OPS. The molecule has 0 bridgehead atoms. The average molecular weight is 122 g/mol. The summed E-state index contributed by atoms with van der Waals surface area (Å²) in [5.74, 6) is 0. The largest absolute Gasteiger partial charge is 0.342 e. The van der Waals surface area contributed by atoms with Crippen LogP contribution in [0.25, 0.3) is 0 Å². The molecule has 6 heavy (non-hydrogen) atoms. The molecule has 3 N–H and O–H groups in total. The van der Waals surface area contributed by atoms with Crippen molar-refractivity contribution < 1.29 is 4.89 Å². The second-order valence-corrected chi connectivity index (χ2v) is 1.54. The molecule has 0 heterocycles. The molecule has 0 aromatic heterocycles. The van der Waals surface area contributed by atoms with Gasteiger partial charge in [-0.15, -0.1) is 0 Å². The highest BCUT2D eigenvalue weighted by Crippen LogP contribution is 2.16. The molecular weight excluding hydrogens is 119 g/mol. The minimum atomic E-state index is -1.69. The Bertz CT molecular complexity index is 77.6. The van der Waals surface area contributed by atoms with Crippen molar-refractivity contribution in [3.63, 3.8) is 0 Å². The van der Waals surface area contributed by atoms with Gasteiger partial charge in [0.25, 0.3) is 0 Å². The zero-order valence-corrected chi connectivity index (χ0v) is 4.54. The molecule has 0 spiro atoms. The molecule has 1 unspecified atom stereocenters. The standard InChI is InChI=1S/CH3N2OPS/c2-5(4)3-1-6/h4H,2H2. The summed E-state index contributed by atoms with van der Waals surface area (Å²) in [7, 11) is -1.69. The molecule has 1 atom stereocenters. The third-order valence-electron chi connectivity index (χ3n) is 0.143. The molecule has 0 aromatic carbocycles. The second-order valence-electron chi connectivity index (χ2n) is 0.512. The highest BCUT2D eigenvalue weighted by Gasteiger charge is 1.81. The second kappa shape index (κ2) is 3.34. The van der Waals surface area contributed by atoms with Gasteiger partial charge >= 0.3 is 0 Å². The van der Waals surface area contributed by atoms with Crippen LogP contribution in [0.4, 0.5) is 0 Å². The van der Waals surface area contributed by atoms with Crippen molar-refractivity contribution in [2.45, 2.75) is 0 Å². The first kappa shape index (κ1) is 6.15. The molecule has 0 aliphatic rings. The van der Waals surface area contributed by atoms with Crippen molar-refractivity contribution in [2.24, 2.45) is 10.3 Å². The molecule has 0 saturated carbocycles. The molecule has 0 amide bonds. The normalized spacial score (nSPS) is 12.3. The van der Waals surface area contributed by atoms with E-state index in [1.54, 1.807) is 0 Å². The number of thiocarbonyl (C=S) groups is 1.